The normalized spacial score (nSPS) is 12.8. The van der Waals surface area contributed by atoms with E-state index in [0.717, 1.165) is 6.26 Å². The summed E-state index contributed by atoms with van der Waals surface area (Å²) in [5.41, 5.74) is 9.33. The molecule has 0 amide bonds. The SMILES string of the molecule is CS(=O)(=O)NCCC(N=[N+]=[N-])c1ccc(-c2nnc(C(F)F)o2)cn1. The molecule has 2 heterocycles. The molecule has 0 aliphatic carbocycles. The third-order valence-electron chi connectivity index (χ3n) is 2.98. The molecule has 10 nitrogen and oxygen atoms in total. The Hall–Kier alpha value is -2.63. The molecule has 1 atom stereocenters. The van der Waals surface area contributed by atoms with Gasteiger partial charge in [0.25, 0.3) is 5.89 Å². The zero-order valence-corrected chi connectivity index (χ0v) is 13.7. The summed E-state index contributed by atoms with van der Waals surface area (Å²) in [7, 11) is -3.36. The van der Waals surface area contributed by atoms with Crippen molar-refractivity contribution in [3.63, 3.8) is 0 Å². The van der Waals surface area contributed by atoms with Crippen LogP contribution in [0.25, 0.3) is 21.9 Å². The Morgan fingerprint density at radius 2 is 2.16 bits per heavy atom. The van der Waals surface area contributed by atoms with Gasteiger partial charge in [-0.05, 0) is 24.1 Å². The van der Waals surface area contributed by atoms with Gasteiger partial charge in [0.15, 0.2) is 0 Å². The minimum absolute atomic E-state index is 0.0629. The van der Waals surface area contributed by atoms with Gasteiger partial charge in [-0.25, -0.2) is 13.1 Å². The number of azide groups is 1. The molecule has 134 valence electrons. The third-order valence-corrected chi connectivity index (χ3v) is 3.70. The summed E-state index contributed by atoms with van der Waals surface area (Å²) in [5, 5.41) is 10.3. The summed E-state index contributed by atoms with van der Waals surface area (Å²) < 4.78 is 54.1. The Balaban J connectivity index is 2.13. The lowest BCUT2D eigenvalue weighted by Crippen LogP contribution is -2.24. The first kappa shape index (κ1) is 18.7. The van der Waals surface area contributed by atoms with Crippen molar-refractivity contribution in [3.05, 3.63) is 40.4 Å². The van der Waals surface area contributed by atoms with Crippen LogP contribution in [-0.2, 0) is 10.0 Å². The third kappa shape index (κ3) is 5.45. The van der Waals surface area contributed by atoms with E-state index in [2.05, 4.69) is 29.9 Å². The quantitative estimate of drug-likeness (QED) is 0.427. The van der Waals surface area contributed by atoms with Crippen molar-refractivity contribution in [3.8, 4) is 11.5 Å². The van der Waals surface area contributed by atoms with Crippen molar-refractivity contribution < 1.29 is 21.6 Å². The number of hydrogen-bond donors (Lipinski definition) is 1. The summed E-state index contributed by atoms with van der Waals surface area (Å²) >= 11 is 0. The molecular weight excluding hydrogens is 360 g/mol. The molecule has 0 saturated heterocycles. The molecule has 1 N–H and O–H groups in total. The highest BCUT2D eigenvalue weighted by Crippen LogP contribution is 2.25. The summed E-state index contributed by atoms with van der Waals surface area (Å²) in [4.78, 5) is 6.80. The maximum Gasteiger partial charge on any atom is 0.314 e. The number of hydrogen-bond acceptors (Lipinski definition) is 7. The van der Waals surface area contributed by atoms with Crippen LogP contribution in [-0.4, -0.2) is 36.4 Å². The molecule has 1 unspecified atom stereocenters. The lowest BCUT2D eigenvalue weighted by atomic mass is 10.1. The van der Waals surface area contributed by atoms with Crippen LogP contribution in [0.5, 0.6) is 0 Å². The number of pyridine rings is 1. The number of aromatic nitrogens is 3. The molecule has 2 rings (SSSR count). The van der Waals surface area contributed by atoms with Crippen LogP contribution in [0.15, 0.2) is 27.9 Å². The first-order chi connectivity index (χ1) is 11.8. The molecule has 0 saturated carbocycles. The molecule has 0 fully saturated rings. The fourth-order valence-corrected chi connectivity index (χ4v) is 2.37. The van der Waals surface area contributed by atoms with Crippen molar-refractivity contribution in [2.45, 2.75) is 18.9 Å². The van der Waals surface area contributed by atoms with E-state index in [1.165, 1.54) is 18.3 Å². The van der Waals surface area contributed by atoms with E-state index in [0.29, 0.717) is 11.3 Å². The Bertz CT molecular complexity index is 863. The van der Waals surface area contributed by atoms with E-state index < -0.39 is 28.4 Å². The second kappa shape index (κ2) is 7.96. The highest BCUT2D eigenvalue weighted by molar-refractivity contribution is 7.88. The second-order valence-corrected chi connectivity index (χ2v) is 6.73. The molecule has 2 aromatic rings. The van der Waals surface area contributed by atoms with Gasteiger partial charge in [0.05, 0.1) is 17.9 Å². The first-order valence-corrected chi connectivity index (χ1v) is 8.76. The molecule has 13 heteroatoms. The topological polar surface area (TPSA) is 147 Å². The van der Waals surface area contributed by atoms with E-state index in [9.17, 15) is 17.2 Å². The van der Waals surface area contributed by atoms with Crippen LogP contribution >= 0.6 is 0 Å². The molecule has 0 aliphatic heterocycles. The van der Waals surface area contributed by atoms with Gasteiger partial charge < -0.3 is 4.42 Å². The Morgan fingerprint density at radius 1 is 1.40 bits per heavy atom. The van der Waals surface area contributed by atoms with E-state index in [1.54, 1.807) is 0 Å². The van der Waals surface area contributed by atoms with Gasteiger partial charge in [-0.1, -0.05) is 5.11 Å². The van der Waals surface area contributed by atoms with Gasteiger partial charge in [-0.2, -0.15) is 8.78 Å². The van der Waals surface area contributed by atoms with E-state index >= 15 is 0 Å². The average molecular weight is 373 g/mol. The number of nitrogens with one attached hydrogen (secondary N) is 1. The van der Waals surface area contributed by atoms with Crippen molar-refractivity contribution in [1.29, 1.82) is 0 Å². The van der Waals surface area contributed by atoms with Crippen molar-refractivity contribution in [2.24, 2.45) is 5.11 Å². The predicted octanol–water partition coefficient (Wildman–Crippen LogP) is 2.36. The van der Waals surface area contributed by atoms with E-state index in [4.69, 9.17) is 9.95 Å². The molecule has 25 heavy (non-hydrogen) atoms. The fourth-order valence-electron chi connectivity index (χ4n) is 1.88. The maximum absolute atomic E-state index is 12.4. The lowest BCUT2D eigenvalue weighted by Gasteiger charge is -2.10. The first-order valence-electron chi connectivity index (χ1n) is 6.87. The highest BCUT2D eigenvalue weighted by Gasteiger charge is 2.18. The van der Waals surface area contributed by atoms with E-state index in [1.807, 2.05) is 0 Å². The summed E-state index contributed by atoms with van der Waals surface area (Å²) in [5.74, 6) is -0.911. The number of sulfonamides is 1. The number of halogens is 2. The molecule has 0 spiro atoms. The molecule has 0 bridgehead atoms. The standard InChI is InChI=1S/C12H13F2N7O3S/c1-25(22,23)17-5-4-9(18-21-15)8-3-2-7(6-16-8)11-19-20-12(24-11)10(13)14/h2-3,6,9-10,17H,4-5H2,1H3. The Kier molecular flexibility index (Phi) is 5.96. The minimum atomic E-state index is -3.36. The van der Waals surface area contributed by atoms with Crippen LogP contribution in [0.3, 0.4) is 0 Å². The van der Waals surface area contributed by atoms with Gasteiger partial charge in [-0.15, -0.1) is 10.2 Å². The minimum Gasteiger partial charge on any atom is -0.415 e. The van der Waals surface area contributed by atoms with Crippen LogP contribution in [0, 0.1) is 0 Å². The number of alkyl halides is 2. The number of rotatable bonds is 8. The van der Waals surface area contributed by atoms with Crippen LogP contribution < -0.4 is 4.72 Å². The van der Waals surface area contributed by atoms with Gasteiger partial charge in [0.1, 0.15) is 0 Å². The van der Waals surface area contributed by atoms with E-state index in [-0.39, 0.29) is 18.9 Å². The van der Waals surface area contributed by atoms with Gasteiger partial charge in [-0.3, -0.25) is 4.98 Å². The monoisotopic (exact) mass is 373 g/mol. The van der Waals surface area contributed by atoms with Crippen LogP contribution in [0.1, 0.15) is 30.5 Å². The fraction of sp³-hybridized carbons (Fsp3) is 0.417. The zero-order chi connectivity index (χ0) is 18.4. The molecule has 2 aromatic heterocycles. The lowest BCUT2D eigenvalue weighted by molar-refractivity contribution is 0.116. The summed E-state index contributed by atoms with van der Waals surface area (Å²) in [6, 6.07) is 2.30. The molecule has 0 aliphatic rings. The largest absolute Gasteiger partial charge is 0.415 e. The van der Waals surface area contributed by atoms with Gasteiger partial charge in [0, 0.05) is 23.3 Å². The number of nitrogens with zero attached hydrogens (tertiary/aromatic N) is 6. The molecular formula is C12H13F2N7O3S. The van der Waals surface area contributed by atoms with Crippen LogP contribution in [0.2, 0.25) is 0 Å². The van der Waals surface area contributed by atoms with Crippen LogP contribution in [0.4, 0.5) is 8.78 Å². The van der Waals surface area contributed by atoms with Crippen molar-refractivity contribution in [1.82, 2.24) is 19.9 Å². The molecule has 0 aromatic carbocycles. The highest BCUT2D eigenvalue weighted by atomic mass is 32.2. The Labute approximate surface area is 141 Å². The summed E-state index contributed by atoms with van der Waals surface area (Å²) in [6.45, 7) is 0.0629. The van der Waals surface area contributed by atoms with Gasteiger partial charge in [0.2, 0.25) is 15.9 Å². The second-order valence-electron chi connectivity index (χ2n) is 4.89. The molecule has 0 radical (unpaired) electrons. The average Bonchev–Trinajstić information content (AvgIpc) is 3.03. The van der Waals surface area contributed by atoms with Crippen molar-refractivity contribution in [2.75, 3.05) is 12.8 Å². The Morgan fingerprint density at radius 3 is 2.68 bits per heavy atom. The maximum atomic E-state index is 12.4. The predicted molar refractivity (Wildman–Crippen MR) is 81.8 cm³/mol. The zero-order valence-electron chi connectivity index (χ0n) is 12.9. The summed E-state index contributed by atoms with van der Waals surface area (Å²) in [6.07, 6.45) is -0.354. The smallest absolute Gasteiger partial charge is 0.314 e. The van der Waals surface area contributed by atoms with Gasteiger partial charge >= 0.3 is 6.43 Å². The van der Waals surface area contributed by atoms with Crippen molar-refractivity contribution >= 4 is 10.0 Å².